The smallest absolute Gasteiger partial charge is 0.475 e. The number of benzene rings is 2. The van der Waals surface area contributed by atoms with E-state index < -0.39 is 60.0 Å². The van der Waals surface area contributed by atoms with Crippen LogP contribution >= 0.6 is 0 Å². The van der Waals surface area contributed by atoms with Gasteiger partial charge in [-0.3, -0.25) is 30.0 Å². The predicted molar refractivity (Wildman–Crippen MR) is 147 cm³/mol. The summed E-state index contributed by atoms with van der Waals surface area (Å²) in [6, 6.07) is 15.0. The molecular weight excluding hydrogens is 577 g/mol. The van der Waals surface area contributed by atoms with Crippen molar-refractivity contribution in [3.05, 3.63) is 71.8 Å². The van der Waals surface area contributed by atoms with Crippen molar-refractivity contribution >= 4 is 29.7 Å². The van der Waals surface area contributed by atoms with E-state index in [2.05, 4.69) is 31.8 Å². The molecule has 8 N–H and O–H groups in total. The Bertz CT molecular complexity index is 1200. The maximum absolute atomic E-state index is 12.8. The molecule has 0 bridgehead atoms. The summed E-state index contributed by atoms with van der Waals surface area (Å²) in [4.78, 5) is 58.4. The lowest BCUT2D eigenvalue weighted by Crippen LogP contribution is -2.59. The number of nitrogens with one attached hydrogen (secondary N) is 5. The van der Waals surface area contributed by atoms with Crippen LogP contribution in [-0.2, 0) is 41.6 Å². The molecule has 2 aromatic carbocycles. The standard InChI is InChI=1S/C25H34N6O5.C2HF3O2/c1-16(28-30-23(33)20(26)14-18-10-6-4-7-11-18)22(32)27-21(15-19-12-8-5-9-13-19)24(34)31-29-17(2)25(35)36-3;3-2(4,5)1(6)7/h4-13,16-17,20-21,28-29H,14-15,26H2,1-3H3,(H,27,32)(H,30,33)(H,31,34);(H,6,7)/t16-,17-,20+,21+;/m1./s1. The van der Waals surface area contributed by atoms with E-state index in [9.17, 15) is 32.3 Å². The van der Waals surface area contributed by atoms with Gasteiger partial charge >= 0.3 is 18.1 Å². The summed E-state index contributed by atoms with van der Waals surface area (Å²) in [7, 11) is 1.24. The number of carboxylic acid groups (broad SMARTS) is 1. The third-order valence-electron chi connectivity index (χ3n) is 5.57. The summed E-state index contributed by atoms with van der Waals surface area (Å²) in [5.41, 5.74) is 17.8. The number of hydrazine groups is 2. The molecule has 4 atom stereocenters. The van der Waals surface area contributed by atoms with Gasteiger partial charge in [0.25, 0.3) is 11.8 Å². The molecule has 0 fully saturated rings. The fourth-order valence-corrected chi connectivity index (χ4v) is 3.16. The number of rotatable bonds is 13. The van der Waals surface area contributed by atoms with Crippen LogP contribution in [0.4, 0.5) is 13.2 Å². The molecule has 0 aliphatic heterocycles. The lowest BCUT2D eigenvalue weighted by Gasteiger charge is -2.23. The first kappa shape index (κ1) is 36.5. The van der Waals surface area contributed by atoms with Crippen LogP contribution in [0, 0.1) is 0 Å². The molecule has 3 amide bonds. The summed E-state index contributed by atoms with van der Waals surface area (Å²) in [5, 5.41) is 9.80. The van der Waals surface area contributed by atoms with E-state index in [1.165, 1.54) is 21.0 Å². The zero-order valence-electron chi connectivity index (χ0n) is 23.6. The van der Waals surface area contributed by atoms with Crippen LogP contribution in [0.5, 0.6) is 0 Å². The van der Waals surface area contributed by atoms with E-state index in [1.807, 2.05) is 60.7 Å². The van der Waals surface area contributed by atoms with Crippen LogP contribution in [0.15, 0.2) is 60.7 Å². The van der Waals surface area contributed by atoms with E-state index in [4.69, 9.17) is 15.6 Å². The molecule has 43 heavy (non-hydrogen) atoms. The van der Waals surface area contributed by atoms with Crippen LogP contribution in [0.3, 0.4) is 0 Å². The zero-order valence-corrected chi connectivity index (χ0v) is 23.6. The van der Waals surface area contributed by atoms with Gasteiger partial charge in [0, 0.05) is 6.42 Å². The molecule has 0 saturated carbocycles. The Hall–Kier alpha value is -4.54. The maximum atomic E-state index is 12.8. The third kappa shape index (κ3) is 14.3. The van der Waals surface area contributed by atoms with Crippen molar-refractivity contribution in [1.29, 1.82) is 0 Å². The van der Waals surface area contributed by atoms with Crippen molar-refractivity contribution in [2.45, 2.75) is 57.0 Å². The van der Waals surface area contributed by atoms with E-state index >= 15 is 0 Å². The number of carbonyl (C=O) groups excluding carboxylic acids is 4. The molecule has 2 rings (SSSR count). The minimum Gasteiger partial charge on any atom is -0.475 e. The second kappa shape index (κ2) is 18.1. The first-order chi connectivity index (χ1) is 20.1. The largest absolute Gasteiger partial charge is 0.490 e. The van der Waals surface area contributed by atoms with Gasteiger partial charge in [0.05, 0.1) is 13.2 Å². The fourth-order valence-electron chi connectivity index (χ4n) is 3.16. The van der Waals surface area contributed by atoms with Crippen LogP contribution in [0.2, 0.25) is 0 Å². The summed E-state index contributed by atoms with van der Waals surface area (Å²) in [6.45, 7) is 3.06. The molecular formula is C27H35F3N6O7. The number of halogens is 3. The topological polar surface area (TPSA) is 201 Å². The predicted octanol–water partition coefficient (Wildman–Crippen LogP) is 0.109. The first-order valence-electron chi connectivity index (χ1n) is 12.8. The van der Waals surface area contributed by atoms with Gasteiger partial charge in [0.2, 0.25) is 5.91 Å². The minimum atomic E-state index is -5.08. The second-order valence-electron chi connectivity index (χ2n) is 9.08. The van der Waals surface area contributed by atoms with E-state index in [0.717, 1.165) is 11.1 Å². The number of esters is 1. The highest BCUT2D eigenvalue weighted by atomic mass is 19.4. The molecule has 16 heteroatoms. The molecule has 0 saturated heterocycles. The van der Waals surface area contributed by atoms with Crippen molar-refractivity contribution in [2.24, 2.45) is 5.73 Å². The minimum absolute atomic E-state index is 0.202. The monoisotopic (exact) mass is 612 g/mol. The number of carbonyl (C=O) groups is 5. The summed E-state index contributed by atoms with van der Waals surface area (Å²) in [5.74, 6) is -4.86. The van der Waals surface area contributed by atoms with Gasteiger partial charge in [0.15, 0.2) is 0 Å². The molecule has 0 radical (unpaired) electrons. The number of hydrogen-bond acceptors (Lipinski definition) is 9. The number of hydrogen-bond donors (Lipinski definition) is 7. The van der Waals surface area contributed by atoms with Gasteiger partial charge in [-0.25, -0.2) is 15.6 Å². The highest BCUT2D eigenvalue weighted by molar-refractivity contribution is 5.90. The lowest BCUT2D eigenvalue weighted by atomic mass is 10.0. The number of alkyl halides is 3. The third-order valence-corrected chi connectivity index (χ3v) is 5.57. The molecule has 0 spiro atoms. The Kier molecular flexibility index (Phi) is 15.4. The summed E-state index contributed by atoms with van der Waals surface area (Å²) < 4.78 is 36.4. The molecule has 0 unspecified atom stereocenters. The molecule has 0 heterocycles. The second-order valence-corrected chi connectivity index (χ2v) is 9.08. The van der Waals surface area contributed by atoms with Crippen molar-refractivity contribution in [2.75, 3.05) is 7.11 Å². The van der Waals surface area contributed by atoms with Crippen molar-refractivity contribution in [3.8, 4) is 0 Å². The summed E-state index contributed by atoms with van der Waals surface area (Å²) >= 11 is 0. The Balaban J connectivity index is 0.00000117. The van der Waals surface area contributed by atoms with Gasteiger partial charge in [-0.2, -0.15) is 13.2 Å². The molecule has 13 nitrogen and oxygen atoms in total. The van der Waals surface area contributed by atoms with Crippen LogP contribution in [0.1, 0.15) is 25.0 Å². The number of carboxylic acids is 1. The molecule has 2 aromatic rings. The number of amides is 3. The van der Waals surface area contributed by atoms with Crippen LogP contribution in [0.25, 0.3) is 0 Å². The molecule has 0 aliphatic carbocycles. The lowest BCUT2D eigenvalue weighted by molar-refractivity contribution is -0.192. The van der Waals surface area contributed by atoms with Gasteiger partial charge < -0.3 is 20.9 Å². The van der Waals surface area contributed by atoms with E-state index in [0.29, 0.717) is 6.42 Å². The highest BCUT2D eigenvalue weighted by Gasteiger charge is 2.38. The normalized spacial score (nSPS) is 13.6. The average Bonchev–Trinajstić information content (AvgIpc) is 2.98. The number of aliphatic carboxylic acids is 1. The van der Waals surface area contributed by atoms with Crippen molar-refractivity contribution < 1.29 is 47.0 Å². The van der Waals surface area contributed by atoms with Crippen molar-refractivity contribution in [1.82, 2.24) is 27.0 Å². The highest BCUT2D eigenvalue weighted by Crippen LogP contribution is 2.13. The van der Waals surface area contributed by atoms with Crippen LogP contribution < -0.4 is 32.8 Å². The molecule has 236 valence electrons. The molecule has 0 aromatic heterocycles. The van der Waals surface area contributed by atoms with Gasteiger partial charge in [-0.05, 0) is 31.4 Å². The fraction of sp³-hybridized carbons (Fsp3) is 0.370. The SMILES string of the molecule is COC(=O)[C@@H](C)NNC(=O)[C@H](Cc1ccccc1)NC(=O)[C@@H](C)NNC(=O)[C@@H](N)Cc1ccccc1.O=C(O)C(F)(F)F. The number of methoxy groups -OCH3 is 1. The first-order valence-corrected chi connectivity index (χ1v) is 12.8. The Labute approximate surface area is 245 Å². The maximum Gasteiger partial charge on any atom is 0.490 e. The molecule has 0 aliphatic rings. The van der Waals surface area contributed by atoms with E-state index in [1.54, 1.807) is 0 Å². The summed E-state index contributed by atoms with van der Waals surface area (Å²) in [6.07, 6.45) is -4.54. The number of ether oxygens (including phenoxy) is 1. The van der Waals surface area contributed by atoms with Crippen LogP contribution in [-0.4, -0.2) is 72.2 Å². The van der Waals surface area contributed by atoms with Gasteiger partial charge in [0.1, 0.15) is 18.1 Å². The quantitative estimate of drug-likeness (QED) is 0.120. The average molecular weight is 613 g/mol. The van der Waals surface area contributed by atoms with Crippen molar-refractivity contribution in [3.63, 3.8) is 0 Å². The Morgan fingerprint density at radius 1 is 0.791 bits per heavy atom. The Morgan fingerprint density at radius 3 is 1.70 bits per heavy atom. The van der Waals surface area contributed by atoms with E-state index in [-0.39, 0.29) is 6.42 Å². The van der Waals surface area contributed by atoms with Gasteiger partial charge in [-0.1, -0.05) is 60.7 Å². The Morgan fingerprint density at radius 2 is 1.23 bits per heavy atom. The number of nitrogens with two attached hydrogens (primary N) is 1. The zero-order chi connectivity index (χ0) is 32.6. The van der Waals surface area contributed by atoms with Gasteiger partial charge in [-0.15, -0.1) is 0 Å².